The standard InChI is InChI=1S/C15H16N2O3/c1-10(16-15(18)12-4-3-7-17(12)2)11-5-6-13-14(8-11)20-9-19-13/h3-8,10H,9H2,1-2H3,(H,16,18). The molecular weight excluding hydrogens is 256 g/mol. The van der Waals surface area contributed by atoms with E-state index in [1.807, 2.05) is 44.4 Å². The fourth-order valence-electron chi connectivity index (χ4n) is 2.23. The van der Waals surface area contributed by atoms with Crippen molar-refractivity contribution >= 4 is 5.91 Å². The highest BCUT2D eigenvalue weighted by molar-refractivity contribution is 5.92. The number of fused-ring (bicyclic) bond motifs is 1. The fourth-order valence-corrected chi connectivity index (χ4v) is 2.23. The number of carbonyl (C=O) groups is 1. The van der Waals surface area contributed by atoms with Crippen LogP contribution < -0.4 is 14.8 Å². The Morgan fingerprint density at radius 3 is 2.85 bits per heavy atom. The van der Waals surface area contributed by atoms with Gasteiger partial charge in [0.05, 0.1) is 6.04 Å². The van der Waals surface area contributed by atoms with Gasteiger partial charge < -0.3 is 19.4 Å². The molecule has 1 aromatic heterocycles. The van der Waals surface area contributed by atoms with Crippen LogP contribution in [0.15, 0.2) is 36.5 Å². The first-order valence-corrected chi connectivity index (χ1v) is 6.47. The molecule has 2 aromatic rings. The zero-order valence-corrected chi connectivity index (χ0v) is 11.4. The third kappa shape index (κ3) is 2.22. The second-order valence-electron chi connectivity index (χ2n) is 4.81. The zero-order chi connectivity index (χ0) is 14.1. The number of rotatable bonds is 3. The average molecular weight is 272 g/mol. The Bertz CT molecular complexity index is 648. The highest BCUT2D eigenvalue weighted by Gasteiger charge is 2.18. The van der Waals surface area contributed by atoms with E-state index in [-0.39, 0.29) is 18.7 Å². The topological polar surface area (TPSA) is 52.5 Å². The van der Waals surface area contributed by atoms with Crippen LogP contribution in [0, 0.1) is 0 Å². The van der Waals surface area contributed by atoms with Crippen LogP contribution >= 0.6 is 0 Å². The molecule has 0 bridgehead atoms. The van der Waals surface area contributed by atoms with Gasteiger partial charge in [0.25, 0.3) is 5.91 Å². The molecule has 2 heterocycles. The van der Waals surface area contributed by atoms with E-state index in [2.05, 4.69) is 5.32 Å². The average Bonchev–Trinajstić information content (AvgIpc) is 3.05. The third-order valence-corrected chi connectivity index (χ3v) is 3.42. The van der Waals surface area contributed by atoms with Crippen molar-refractivity contribution in [1.29, 1.82) is 0 Å². The fraction of sp³-hybridized carbons (Fsp3) is 0.267. The predicted octanol–water partition coefficient (Wildman–Crippen LogP) is 2.24. The Labute approximate surface area is 117 Å². The van der Waals surface area contributed by atoms with Crippen molar-refractivity contribution in [2.45, 2.75) is 13.0 Å². The Hall–Kier alpha value is -2.43. The summed E-state index contributed by atoms with van der Waals surface area (Å²) in [6.45, 7) is 2.20. The minimum Gasteiger partial charge on any atom is -0.454 e. The van der Waals surface area contributed by atoms with Crippen molar-refractivity contribution in [3.05, 3.63) is 47.8 Å². The molecule has 5 heteroatoms. The van der Waals surface area contributed by atoms with Crippen molar-refractivity contribution < 1.29 is 14.3 Å². The zero-order valence-electron chi connectivity index (χ0n) is 11.4. The van der Waals surface area contributed by atoms with Gasteiger partial charge in [-0.1, -0.05) is 6.07 Å². The van der Waals surface area contributed by atoms with E-state index in [1.165, 1.54) is 0 Å². The maximum atomic E-state index is 12.2. The van der Waals surface area contributed by atoms with Crippen LogP contribution in [0.5, 0.6) is 11.5 Å². The van der Waals surface area contributed by atoms with Crippen LogP contribution in [0.4, 0.5) is 0 Å². The SMILES string of the molecule is CC(NC(=O)c1cccn1C)c1ccc2c(c1)OCO2. The lowest BCUT2D eigenvalue weighted by Gasteiger charge is -2.15. The van der Waals surface area contributed by atoms with E-state index >= 15 is 0 Å². The van der Waals surface area contributed by atoms with Crippen molar-refractivity contribution in [3.63, 3.8) is 0 Å². The minimum atomic E-state index is -0.105. The number of nitrogens with one attached hydrogen (secondary N) is 1. The van der Waals surface area contributed by atoms with Crippen molar-refractivity contribution in [2.75, 3.05) is 6.79 Å². The van der Waals surface area contributed by atoms with Crippen molar-refractivity contribution in [2.24, 2.45) is 7.05 Å². The molecule has 104 valence electrons. The summed E-state index contributed by atoms with van der Waals surface area (Å²) in [5, 5.41) is 2.97. The van der Waals surface area contributed by atoms with Gasteiger partial charge in [0.2, 0.25) is 6.79 Å². The number of amides is 1. The Kier molecular flexibility index (Phi) is 3.10. The van der Waals surface area contributed by atoms with Crippen LogP contribution in [-0.4, -0.2) is 17.3 Å². The molecular formula is C15H16N2O3. The van der Waals surface area contributed by atoms with Gasteiger partial charge in [-0.2, -0.15) is 0 Å². The first-order chi connectivity index (χ1) is 9.65. The third-order valence-electron chi connectivity index (χ3n) is 3.42. The van der Waals surface area contributed by atoms with Gasteiger partial charge in [0.15, 0.2) is 11.5 Å². The van der Waals surface area contributed by atoms with Crippen LogP contribution in [0.2, 0.25) is 0 Å². The van der Waals surface area contributed by atoms with Crippen LogP contribution in [0.25, 0.3) is 0 Å². The maximum absolute atomic E-state index is 12.2. The highest BCUT2D eigenvalue weighted by Crippen LogP contribution is 2.34. The van der Waals surface area contributed by atoms with Gasteiger partial charge in [-0.25, -0.2) is 0 Å². The Morgan fingerprint density at radius 2 is 2.10 bits per heavy atom. The van der Waals surface area contributed by atoms with Gasteiger partial charge in [-0.3, -0.25) is 4.79 Å². The summed E-state index contributed by atoms with van der Waals surface area (Å²) in [4.78, 5) is 12.2. The molecule has 1 aliphatic rings. The summed E-state index contributed by atoms with van der Waals surface area (Å²) in [5.41, 5.74) is 1.62. The van der Waals surface area contributed by atoms with E-state index in [4.69, 9.17) is 9.47 Å². The van der Waals surface area contributed by atoms with Gasteiger partial charge in [0, 0.05) is 13.2 Å². The molecule has 0 saturated carbocycles. The number of hydrogen-bond acceptors (Lipinski definition) is 3. The summed E-state index contributed by atoms with van der Waals surface area (Å²) in [6.07, 6.45) is 1.85. The number of aromatic nitrogens is 1. The van der Waals surface area contributed by atoms with E-state index in [1.54, 1.807) is 10.6 Å². The van der Waals surface area contributed by atoms with Gasteiger partial charge in [0.1, 0.15) is 5.69 Å². The molecule has 0 fully saturated rings. The molecule has 0 aliphatic carbocycles. The van der Waals surface area contributed by atoms with E-state index in [0.29, 0.717) is 5.69 Å². The lowest BCUT2D eigenvalue weighted by molar-refractivity contribution is 0.0931. The number of nitrogens with zero attached hydrogens (tertiary/aromatic N) is 1. The molecule has 1 aromatic carbocycles. The second kappa shape index (κ2) is 4.92. The van der Waals surface area contributed by atoms with Gasteiger partial charge in [-0.15, -0.1) is 0 Å². The Balaban J connectivity index is 1.75. The smallest absolute Gasteiger partial charge is 0.268 e. The molecule has 0 saturated heterocycles. The summed E-state index contributed by atoms with van der Waals surface area (Å²) in [6, 6.07) is 9.23. The predicted molar refractivity (Wildman–Crippen MR) is 73.9 cm³/mol. The summed E-state index contributed by atoms with van der Waals surface area (Å²) >= 11 is 0. The molecule has 1 amide bonds. The molecule has 1 unspecified atom stereocenters. The molecule has 1 aliphatic heterocycles. The molecule has 3 rings (SSSR count). The van der Waals surface area contributed by atoms with E-state index < -0.39 is 0 Å². The summed E-state index contributed by atoms with van der Waals surface area (Å²) in [7, 11) is 1.85. The quantitative estimate of drug-likeness (QED) is 0.932. The molecule has 0 spiro atoms. The van der Waals surface area contributed by atoms with Gasteiger partial charge in [-0.05, 0) is 36.8 Å². The van der Waals surface area contributed by atoms with Gasteiger partial charge >= 0.3 is 0 Å². The monoisotopic (exact) mass is 272 g/mol. The summed E-state index contributed by atoms with van der Waals surface area (Å²) < 4.78 is 12.4. The lowest BCUT2D eigenvalue weighted by Crippen LogP contribution is -2.28. The molecule has 5 nitrogen and oxygen atoms in total. The highest BCUT2D eigenvalue weighted by atomic mass is 16.7. The minimum absolute atomic E-state index is 0.0948. The van der Waals surface area contributed by atoms with Crippen LogP contribution in [-0.2, 0) is 7.05 Å². The first-order valence-electron chi connectivity index (χ1n) is 6.47. The lowest BCUT2D eigenvalue weighted by atomic mass is 10.1. The van der Waals surface area contributed by atoms with E-state index in [9.17, 15) is 4.79 Å². The molecule has 1 atom stereocenters. The van der Waals surface area contributed by atoms with Crippen LogP contribution in [0.3, 0.4) is 0 Å². The van der Waals surface area contributed by atoms with E-state index in [0.717, 1.165) is 17.1 Å². The van der Waals surface area contributed by atoms with Crippen molar-refractivity contribution in [3.8, 4) is 11.5 Å². The first kappa shape index (κ1) is 12.6. The van der Waals surface area contributed by atoms with Crippen molar-refractivity contribution in [1.82, 2.24) is 9.88 Å². The number of hydrogen-bond donors (Lipinski definition) is 1. The normalized spacial score (nSPS) is 14.1. The Morgan fingerprint density at radius 1 is 1.30 bits per heavy atom. The summed E-state index contributed by atoms with van der Waals surface area (Å²) in [5.74, 6) is 1.37. The molecule has 20 heavy (non-hydrogen) atoms. The number of carbonyl (C=O) groups excluding carboxylic acids is 1. The maximum Gasteiger partial charge on any atom is 0.268 e. The molecule has 1 N–H and O–H groups in total. The van der Waals surface area contributed by atoms with Crippen LogP contribution in [0.1, 0.15) is 29.0 Å². The number of benzene rings is 1. The largest absolute Gasteiger partial charge is 0.454 e. The number of aryl methyl sites for hydroxylation is 1. The number of ether oxygens (including phenoxy) is 2. The molecule has 0 radical (unpaired) electrons. The second-order valence-corrected chi connectivity index (χ2v) is 4.81.